The molecule has 2 aliphatic rings. The van der Waals surface area contributed by atoms with Gasteiger partial charge < -0.3 is 9.64 Å². The summed E-state index contributed by atoms with van der Waals surface area (Å²) in [5.41, 5.74) is 1.36. The van der Waals surface area contributed by atoms with Crippen LogP contribution in [0.4, 0.5) is 5.82 Å². The summed E-state index contributed by atoms with van der Waals surface area (Å²) in [7, 11) is 0. The van der Waals surface area contributed by atoms with E-state index in [9.17, 15) is 0 Å². The molecule has 2 aliphatic heterocycles. The van der Waals surface area contributed by atoms with Gasteiger partial charge in [-0.1, -0.05) is 0 Å². The highest BCUT2D eigenvalue weighted by molar-refractivity contribution is 5.60. The number of ether oxygens (including phenoxy) is 1. The van der Waals surface area contributed by atoms with Crippen LogP contribution in [0.15, 0.2) is 12.3 Å². The maximum Gasteiger partial charge on any atom is 0.172 e. The molecule has 3 nitrogen and oxygen atoms in total. The molecular weight excluding hydrogens is 188 g/mol. The lowest BCUT2D eigenvalue weighted by Gasteiger charge is -2.41. The molecule has 3 rings (SSSR count). The zero-order valence-electron chi connectivity index (χ0n) is 9.29. The predicted octanol–water partition coefficient (Wildman–Crippen LogP) is 2.14. The van der Waals surface area contributed by atoms with Crippen LogP contribution in [-0.2, 0) is 0 Å². The fraction of sp³-hybridized carbons (Fsp3) is 0.583. The van der Waals surface area contributed by atoms with Crippen LogP contribution >= 0.6 is 0 Å². The van der Waals surface area contributed by atoms with Gasteiger partial charge in [-0.05, 0) is 38.3 Å². The van der Waals surface area contributed by atoms with Crippen molar-refractivity contribution in [3.63, 3.8) is 0 Å². The molecule has 0 aromatic carbocycles. The van der Waals surface area contributed by atoms with Gasteiger partial charge in [0.25, 0.3) is 0 Å². The molecule has 0 saturated carbocycles. The van der Waals surface area contributed by atoms with E-state index >= 15 is 0 Å². The molecular formula is C12H16N2O. The van der Waals surface area contributed by atoms with Gasteiger partial charge in [-0.2, -0.15) is 0 Å². The van der Waals surface area contributed by atoms with E-state index in [1.165, 1.54) is 18.4 Å². The molecule has 0 bridgehead atoms. The molecule has 1 aromatic rings. The first-order valence-electron chi connectivity index (χ1n) is 5.57. The Hall–Kier alpha value is -1.25. The molecule has 0 N–H and O–H groups in total. The van der Waals surface area contributed by atoms with Crippen molar-refractivity contribution in [2.45, 2.75) is 32.2 Å². The molecule has 0 amide bonds. The van der Waals surface area contributed by atoms with Crippen molar-refractivity contribution in [3.05, 3.63) is 17.8 Å². The van der Waals surface area contributed by atoms with Gasteiger partial charge in [0.05, 0.1) is 5.54 Å². The van der Waals surface area contributed by atoms with Gasteiger partial charge in [0.1, 0.15) is 6.61 Å². The lowest BCUT2D eigenvalue weighted by molar-refractivity contribution is 0.209. The maximum absolute atomic E-state index is 5.87. The van der Waals surface area contributed by atoms with Crippen LogP contribution in [0.25, 0.3) is 0 Å². The van der Waals surface area contributed by atoms with Crippen molar-refractivity contribution in [3.8, 4) is 5.75 Å². The lowest BCUT2D eigenvalue weighted by atomic mass is 9.98. The molecule has 0 aliphatic carbocycles. The average molecular weight is 204 g/mol. The smallest absolute Gasteiger partial charge is 0.172 e. The molecule has 0 radical (unpaired) electrons. The summed E-state index contributed by atoms with van der Waals surface area (Å²) >= 11 is 0. The van der Waals surface area contributed by atoms with Gasteiger partial charge >= 0.3 is 0 Å². The third-order valence-corrected chi connectivity index (χ3v) is 3.61. The number of nitrogens with zero attached hydrogens (tertiary/aromatic N) is 2. The number of hydrogen-bond acceptors (Lipinski definition) is 3. The minimum absolute atomic E-state index is 0.174. The Balaban J connectivity index is 2.13. The fourth-order valence-corrected chi connectivity index (χ4v) is 2.66. The van der Waals surface area contributed by atoms with E-state index in [-0.39, 0.29) is 5.54 Å². The standard InChI is InChI=1S/C12H16N2O/c1-9-4-6-13-11-10(9)15-8-12(2)5-3-7-14(11)12/h4,6H,3,5,7-8H2,1-2H3/t12-/m1/s1. The topological polar surface area (TPSA) is 25.4 Å². The summed E-state index contributed by atoms with van der Waals surface area (Å²) in [6.07, 6.45) is 4.33. The summed E-state index contributed by atoms with van der Waals surface area (Å²) in [4.78, 5) is 6.88. The summed E-state index contributed by atoms with van der Waals surface area (Å²) in [6.45, 7) is 6.27. The van der Waals surface area contributed by atoms with Crippen LogP contribution in [0, 0.1) is 6.92 Å². The molecule has 3 heterocycles. The monoisotopic (exact) mass is 204 g/mol. The van der Waals surface area contributed by atoms with Crippen molar-refractivity contribution >= 4 is 5.82 Å². The Morgan fingerprint density at radius 1 is 1.53 bits per heavy atom. The van der Waals surface area contributed by atoms with Crippen LogP contribution in [0.5, 0.6) is 5.75 Å². The van der Waals surface area contributed by atoms with Crippen LogP contribution in [-0.4, -0.2) is 23.7 Å². The summed E-state index contributed by atoms with van der Waals surface area (Å²) < 4.78 is 5.87. The zero-order chi connectivity index (χ0) is 10.5. The molecule has 1 saturated heterocycles. The molecule has 0 unspecified atom stereocenters. The average Bonchev–Trinajstić information content (AvgIpc) is 2.60. The number of fused-ring (bicyclic) bond motifs is 3. The third-order valence-electron chi connectivity index (χ3n) is 3.61. The lowest BCUT2D eigenvalue weighted by Crippen LogP contribution is -2.49. The molecule has 1 fully saturated rings. The van der Waals surface area contributed by atoms with Crippen LogP contribution in [0.3, 0.4) is 0 Å². The Labute approximate surface area is 90.1 Å². The van der Waals surface area contributed by atoms with Gasteiger partial charge in [-0.25, -0.2) is 4.98 Å². The van der Waals surface area contributed by atoms with E-state index in [1.807, 2.05) is 12.3 Å². The van der Waals surface area contributed by atoms with Crippen molar-refractivity contribution in [1.82, 2.24) is 4.98 Å². The van der Waals surface area contributed by atoms with Crippen LogP contribution in [0.1, 0.15) is 25.3 Å². The molecule has 1 aromatic heterocycles. The number of aryl methyl sites for hydroxylation is 1. The van der Waals surface area contributed by atoms with Crippen LogP contribution < -0.4 is 9.64 Å². The second kappa shape index (κ2) is 2.87. The summed E-state index contributed by atoms with van der Waals surface area (Å²) in [5, 5.41) is 0. The number of rotatable bonds is 0. The predicted molar refractivity (Wildman–Crippen MR) is 59.5 cm³/mol. The second-order valence-electron chi connectivity index (χ2n) is 4.82. The largest absolute Gasteiger partial charge is 0.487 e. The van der Waals surface area contributed by atoms with Crippen molar-refractivity contribution in [2.75, 3.05) is 18.1 Å². The number of hydrogen-bond donors (Lipinski definition) is 0. The summed E-state index contributed by atoms with van der Waals surface area (Å²) in [5.74, 6) is 2.03. The van der Waals surface area contributed by atoms with Gasteiger partial charge in [-0.3, -0.25) is 0 Å². The number of aromatic nitrogens is 1. The first-order chi connectivity index (χ1) is 7.21. The minimum atomic E-state index is 0.174. The van der Waals surface area contributed by atoms with Crippen molar-refractivity contribution in [1.29, 1.82) is 0 Å². The van der Waals surface area contributed by atoms with E-state index in [0.717, 1.165) is 24.7 Å². The SMILES string of the molecule is Cc1ccnc2c1OC[C@@]1(C)CCCN21. The molecule has 1 atom stereocenters. The van der Waals surface area contributed by atoms with E-state index < -0.39 is 0 Å². The zero-order valence-corrected chi connectivity index (χ0v) is 9.29. The van der Waals surface area contributed by atoms with Crippen LogP contribution in [0.2, 0.25) is 0 Å². The Kier molecular flexibility index (Phi) is 1.73. The minimum Gasteiger partial charge on any atom is -0.487 e. The quantitative estimate of drug-likeness (QED) is 0.647. The van der Waals surface area contributed by atoms with E-state index in [2.05, 4.69) is 23.7 Å². The van der Waals surface area contributed by atoms with Gasteiger partial charge in [0.15, 0.2) is 11.6 Å². The Morgan fingerprint density at radius 2 is 2.40 bits per heavy atom. The van der Waals surface area contributed by atoms with E-state index in [1.54, 1.807) is 0 Å². The van der Waals surface area contributed by atoms with Gasteiger partial charge in [0, 0.05) is 12.7 Å². The first kappa shape index (κ1) is 9.01. The van der Waals surface area contributed by atoms with Crippen molar-refractivity contribution < 1.29 is 4.74 Å². The first-order valence-corrected chi connectivity index (χ1v) is 5.57. The Bertz CT molecular complexity index is 405. The van der Waals surface area contributed by atoms with Gasteiger partial charge in [-0.15, -0.1) is 0 Å². The maximum atomic E-state index is 5.87. The third kappa shape index (κ3) is 1.15. The second-order valence-corrected chi connectivity index (χ2v) is 4.82. The number of pyridine rings is 1. The molecule has 80 valence electrons. The molecule has 3 heteroatoms. The number of anilines is 1. The molecule has 0 spiro atoms. The highest BCUT2D eigenvalue weighted by Gasteiger charge is 2.42. The summed E-state index contributed by atoms with van der Waals surface area (Å²) in [6, 6.07) is 2.01. The van der Waals surface area contributed by atoms with Gasteiger partial charge in [0.2, 0.25) is 0 Å². The van der Waals surface area contributed by atoms with Crippen molar-refractivity contribution in [2.24, 2.45) is 0 Å². The van der Waals surface area contributed by atoms with E-state index in [0.29, 0.717) is 0 Å². The fourth-order valence-electron chi connectivity index (χ4n) is 2.66. The Morgan fingerprint density at radius 3 is 3.27 bits per heavy atom. The molecule has 15 heavy (non-hydrogen) atoms. The highest BCUT2D eigenvalue weighted by Crippen LogP contribution is 2.43. The highest BCUT2D eigenvalue weighted by atomic mass is 16.5. The normalized spacial score (nSPS) is 28.3. The van der Waals surface area contributed by atoms with E-state index in [4.69, 9.17) is 4.74 Å².